The Morgan fingerprint density at radius 1 is 1.04 bits per heavy atom. The van der Waals surface area contributed by atoms with Crippen LogP contribution in [0, 0.1) is 17.7 Å². The fourth-order valence-corrected chi connectivity index (χ4v) is 3.94. The van der Waals surface area contributed by atoms with Gasteiger partial charge in [0.1, 0.15) is 5.82 Å². The van der Waals surface area contributed by atoms with Crippen molar-refractivity contribution in [3.8, 4) is 0 Å². The second-order valence-electron chi connectivity index (χ2n) is 7.95. The van der Waals surface area contributed by atoms with Crippen molar-refractivity contribution >= 4 is 11.8 Å². The van der Waals surface area contributed by atoms with E-state index in [4.69, 9.17) is 0 Å². The van der Waals surface area contributed by atoms with Crippen LogP contribution < -0.4 is 5.32 Å². The average Bonchev–Trinajstić information content (AvgIpc) is 3.56. The molecule has 0 spiro atoms. The normalized spacial score (nSPS) is 22.0. The second kappa shape index (κ2) is 8.13. The first-order valence-corrected chi connectivity index (χ1v) is 9.97. The summed E-state index contributed by atoms with van der Waals surface area (Å²) in [7, 11) is 0. The van der Waals surface area contributed by atoms with Crippen molar-refractivity contribution in [1.82, 2.24) is 10.2 Å². The number of benzene rings is 2. The number of amides is 2. The molecule has 2 atom stereocenters. The predicted molar refractivity (Wildman–Crippen MR) is 105 cm³/mol. The van der Waals surface area contributed by atoms with Gasteiger partial charge >= 0.3 is 0 Å². The number of piperidine rings is 1. The molecule has 28 heavy (non-hydrogen) atoms. The van der Waals surface area contributed by atoms with E-state index in [2.05, 4.69) is 5.32 Å². The summed E-state index contributed by atoms with van der Waals surface area (Å²) in [5.74, 6) is -0.187. The highest BCUT2D eigenvalue weighted by molar-refractivity contribution is 5.94. The molecule has 4 nitrogen and oxygen atoms in total. The average molecular weight is 380 g/mol. The predicted octanol–water partition coefficient (Wildman–Crippen LogP) is 3.60. The van der Waals surface area contributed by atoms with E-state index >= 15 is 0 Å². The molecular weight excluding hydrogens is 355 g/mol. The Balaban J connectivity index is 1.54. The van der Waals surface area contributed by atoms with Gasteiger partial charge in [-0.15, -0.1) is 0 Å². The largest absolute Gasteiger partial charge is 0.356 e. The SMILES string of the molecule is O=C(NCC1CC1)[C@H]1C[C@@H](c2ccccc2)CN(C(=O)c2cccc(F)c2)C1. The minimum atomic E-state index is -0.429. The molecule has 2 aromatic rings. The third-order valence-electron chi connectivity index (χ3n) is 5.71. The van der Waals surface area contributed by atoms with E-state index in [9.17, 15) is 14.0 Å². The van der Waals surface area contributed by atoms with E-state index in [1.54, 1.807) is 17.0 Å². The van der Waals surface area contributed by atoms with Gasteiger partial charge in [-0.2, -0.15) is 0 Å². The van der Waals surface area contributed by atoms with Crippen LogP contribution in [0.1, 0.15) is 41.1 Å². The standard InChI is InChI=1S/C23H25FN2O2/c24-21-8-4-7-18(12-21)23(28)26-14-19(17-5-2-1-3-6-17)11-20(15-26)22(27)25-13-16-9-10-16/h1-8,12,16,19-20H,9-11,13-15H2,(H,25,27)/t19-,20+/m1/s1. The lowest BCUT2D eigenvalue weighted by Gasteiger charge is -2.37. The molecular formula is C23H25FN2O2. The number of nitrogens with zero attached hydrogens (tertiary/aromatic N) is 1. The molecule has 1 aliphatic heterocycles. The van der Waals surface area contributed by atoms with Crippen LogP contribution in [0.2, 0.25) is 0 Å². The van der Waals surface area contributed by atoms with Crippen molar-refractivity contribution < 1.29 is 14.0 Å². The summed E-state index contributed by atoms with van der Waals surface area (Å²) >= 11 is 0. The molecule has 2 aromatic carbocycles. The lowest BCUT2D eigenvalue weighted by molar-refractivity contribution is -0.126. The summed E-state index contributed by atoms with van der Waals surface area (Å²) < 4.78 is 13.6. The number of halogens is 1. The van der Waals surface area contributed by atoms with Gasteiger partial charge in [-0.3, -0.25) is 9.59 Å². The lowest BCUT2D eigenvalue weighted by atomic mass is 9.83. The molecule has 1 N–H and O–H groups in total. The number of hydrogen-bond donors (Lipinski definition) is 1. The Bertz CT molecular complexity index is 851. The van der Waals surface area contributed by atoms with E-state index in [1.165, 1.54) is 25.0 Å². The maximum atomic E-state index is 13.6. The van der Waals surface area contributed by atoms with Crippen LogP contribution in [0.25, 0.3) is 0 Å². The number of rotatable bonds is 5. The minimum Gasteiger partial charge on any atom is -0.356 e. The van der Waals surface area contributed by atoms with Crippen LogP contribution in [0.3, 0.4) is 0 Å². The van der Waals surface area contributed by atoms with E-state index in [1.807, 2.05) is 30.3 Å². The Morgan fingerprint density at radius 3 is 2.54 bits per heavy atom. The fraction of sp³-hybridized carbons (Fsp3) is 0.391. The Morgan fingerprint density at radius 2 is 1.82 bits per heavy atom. The highest BCUT2D eigenvalue weighted by Gasteiger charge is 2.35. The number of likely N-dealkylation sites (tertiary alicyclic amines) is 1. The van der Waals surface area contributed by atoms with Crippen LogP contribution in [0.4, 0.5) is 4.39 Å². The molecule has 4 rings (SSSR count). The molecule has 0 bridgehead atoms. The fourth-order valence-electron chi connectivity index (χ4n) is 3.94. The molecule has 2 aliphatic rings. The molecule has 2 amide bonds. The summed E-state index contributed by atoms with van der Waals surface area (Å²) in [5, 5.41) is 3.06. The quantitative estimate of drug-likeness (QED) is 0.862. The van der Waals surface area contributed by atoms with Crippen molar-refractivity contribution in [2.45, 2.75) is 25.2 Å². The molecule has 1 saturated carbocycles. The Kier molecular flexibility index (Phi) is 5.42. The lowest BCUT2D eigenvalue weighted by Crippen LogP contribution is -2.48. The highest BCUT2D eigenvalue weighted by Crippen LogP contribution is 2.32. The van der Waals surface area contributed by atoms with E-state index in [0.717, 1.165) is 12.1 Å². The van der Waals surface area contributed by atoms with Gasteiger partial charge in [-0.05, 0) is 48.9 Å². The zero-order valence-corrected chi connectivity index (χ0v) is 15.8. The summed E-state index contributed by atoms with van der Waals surface area (Å²) in [4.78, 5) is 27.5. The van der Waals surface area contributed by atoms with Gasteiger partial charge in [-0.1, -0.05) is 36.4 Å². The van der Waals surface area contributed by atoms with Crippen molar-refractivity contribution in [1.29, 1.82) is 0 Å². The molecule has 146 valence electrons. The van der Waals surface area contributed by atoms with Crippen LogP contribution in [0.15, 0.2) is 54.6 Å². The maximum absolute atomic E-state index is 13.6. The third-order valence-corrected chi connectivity index (χ3v) is 5.71. The molecule has 1 saturated heterocycles. The number of carbonyl (C=O) groups is 2. The molecule has 1 heterocycles. The molecule has 0 radical (unpaired) electrons. The van der Waals surface area contributed by atoms with E-state index in [0.29, 0.717) is 31.0 Å². The number of carbonyl (C=O) groups excluding carboxylic acids is 2. The summed E-state index contributed by atoms with van der Waals surface area (Å²) in [6, 6.07) is 15.8. The van der Waals surface area contributed by atoms with Crippen molar-refractivity contribution in [3.63, 3.8) is 0 Å². The minimum absolute atomic E-state index is 0.0181. The zero-order chi connectivity index (χ0) is 19.5. The molecule has 5 heteroatoms. The van der Waals surface area contributed by atoms with Gasteiger partial charge in [0.15, 0.2) is 0 Å². The topological polar surface area (TPSA) is 49.4 Å². The highest BCUT2D eigenvalue weighted by atomic mass is 19.1. The van der Waals surface area contributed by atoms with Crippen molar-refractivity contribution in [3.05, 3.63) is 71.5 Å². The van der Waals surface area contributed by atoms with Crippen LogP contribution in [0.5, 0.6) is 0 Å². The molecule has 2 fully saturated rings. The van der Waals surface area contributed by atoms with Gasteiger partial charge < -0.3 is 10.2 Å². The van der Waals surface area contributed by atoms with E-state index in [-0.39, 0.29) is 23.7 Å². The van der Waals surface area contributed by atoms with Gasteiger partial charge in [0.2, 0.25) is 5.91 Å². The first-order chi connectivity index (χ1) is 13.6. The monoisotopic (exact) mass is 380 g/mol. The van der Waals surface area contributed by atoms with Crippen LogP contribution in [-0.2, 0) is 4.79 Å². The van der Waals surface area contributed by atoms with Gasteiger partial charge in [0.25, 0.3) is 5.91 Å². The maximum Gasteiger partial charge on any atom is 0.253 e. The van der Waals surface area contributed by atoms with Crippen molar-refractivity contribution in [2.75, 3.05) is 19.6 Å². The zero-order valence-electron chi connectivity index (χ0n) is 15.8. The smallest absolute Gasteiger partial charge is 0.253 e. The summed E-state index contributed by atoms with van der Waals surface area (Å²) in [6.07, 6.45) is 3.08. The number of hydrogen-bond acceptors (Lipinski definition) is 2. The van der Waals surface area contributed by atoms with Gasteiger partial charge in [0, 0.05) is 31.1 Å². The number of nitrogens with one attached hydrogen (secondary N) is 1. The van der Waals surface area contributed by atoms with Gasteiger partial charge in [0.05, 0.1) is 5.92 Å². The van der Waals surface area contributed by atoms with E-state index < -0.39 is 5.82 Å². The van der Waals surface area contributed by atoms with Crippen LogP contribution >= 0.6 is 0 Å². The first-order valence-electron chi connectivity index (χ1n) is 9.97. The first kappa shape index (κ1) is 18.7. The van der Waals surface area contributed by atoms with Crippen LogP contribution in [-0.4, -0.2) is 36.3 Å². The second-order valence-corrected chi connectivity index (χ2v) is 7.95. The van der Waals surface area contributed by atoms with Crippen molar-refractivity contribution in [2.24, 2.45) is 11.8 Å². The Hall–Kier alpha value is -2.69. The summed E-state index contributed by atoms with van der Waals surface area (Å²) in [5.41, 5.74) is 1.45. The molecule has 1 aliphatic carbocycles. The summed E-state index contributed by atoms with van der Waals surface area (Å²) in [6.45, 7) is 1.63. The third kappa shape index (κ3) is 4.41. The molecule has 0 aromatic heterocycles. The molecule has 0 unspecified atom stereocenters. The van der Waals surface area contributed by atoms with Gasteiger partial charge in [-0.25, -0.2) is 4.39 Å². The Labute approximate surface area is 164 Å².